The molecule has 1 heterocycles. The molecule has 0 saturated carbocycles. The number of aryl methyl sites for hydroxylation is 1. The van der Waals surface area contributed by atoms with Gasteiger partial charge < -0.3 is 15.0 Å². The third-order valence-electron chi connectivity index (χ3n) is 3.60. The van der Waals surface area contributed by atoms with E-state index in [4.69, 9.17) is 4.74 Å². The van der Waals surface area contributed by atoms with Gasteiger partial charge in [0.25, 0.3) is 0 Å². The molecule has 2 aromatic carbocycles. The summed E-state index contributed by atoms with van der Waals surface area (Å²) in [5.41, 5.74) is 4.35. The van der Waals surface area contributed by atoms with Gasteiger partial charge in [-0.05, 0) is 49.7 Å². The van der Waals surface area contributed by atoms with E-state index in [1.165, 1.54) is 5.56 Å². The first-order chi connectivity index (χ1) is 10.2. The summed E-state index contributed by atoms with van der Waals surface area (Å²) in [4.78, 5) is 7.67. The largest absolute Gasteiger partial charge is 0.497 e. The van der Waals surface area contributed by atoms with Crippen molar-refractivity contribution in [3.8, 4) is 5.75 Å². The number of anilines is 1. The Labute approximate surface area is 124 Å². The van der Waals surface area contributed by atoms with Crippen LogP contribution in [0, 0.1) is 6.92 Å². The van der Waals surface area contributed by atoms with Gasteiger partial charge in [-0.25, -0.2) is 4.98 Å². The Kier molecular flexibility index (Phi) is 3.52. The van der Waals surface area contributed by atoms with E-state index in [0.29, 0.717) is 0 Å². The van der Waals surface area contributed by atoms with Crippen LogP contribution in [0.4, 0.5) is 5.69 Å². The molecule has 4 nitrogen and oxygen atoms in total. The highest BCUT2D eigenvalue weighted by molar-refractivity contribution is 5.79. The minimum absolute atomic E-state index is 0.220. The summed E-state index contributed by atoms with van der Waals surface area (Å²) >= 11 is 0. The Morgan fingerprint density at radius 1 is 1.14 bits per heavy atom. The van der Waals surface area contributed by atoms with E-state index in [9.17, 15) is 0 Å². The summed E-state index contributed by atoms with van der Waals surface area (Å²) < 4.78 is 5.19. The highest BCUT2D eigenvalue weighted by Crippen LogP contribution is 2.23. The number of nitrogens with zero attached hydrogens (tertiary/aromatic N) is 1. The third kappa shape index (κ3) is 2.84. The summed E-state index contributed by atoms with van der Waals surface area (Å²) in [6.45, 7) is 4.11. The molecule has 108 valence electrons. The van der Waals surface area contributed by atoms with E-state index in [-0.39, 0.29) is 6.04 Å². The van der Waals surface area contributed by atoms with E-state index in [2.05, 4.69) is 46.5 Å². The third-order valence-corrected chi connectivity index (χ3v) is 3.60. The lowest BCUT2D eigenvalue weighted by atomic mass is 10.1. The molecule has 3 aromatic rings. The van der Waals surface area contributed by atoms with Crippen molar-refractivity contribution in [1.82, 2.24) is 9.97 Å². The van der Waals surface area contributed by atoms with Crippen LogP contribution in [0.5, 0.6) is 5.75 Å². The molecule has 2 N–H and O–H groups in total. The van der Waals surface area contributed by atoms with Crippen molar-refractivity contribution in [1.29, 1.82) is 0 Å². The van der Waals surface area contributed by atoms with Gasteiger partial charge in [0.1, 0.15) is 11.6 Å². The van der Waals surface area contributed by atoms with Gasteiger partial charge in [-0.3, -0.25) is 0 Å². The van der Waals surface area contributed by atoms with Crippen LogP contribution in [0.1, 0.15) is 24.4 Å². The molecule has 3 rings (SSSR count). The Balaban J connectivity index is 1.79. The molecule has 0 bridgehead atoms. The molecule has 0 saturated heterocycles. The average molecular weight is 281 g/mol. The van der Waals surface area contributed by atoms with Gasteiger partial charge >= 0.3 is 0 Å². The van der Waals surface area contributed by atoms with Gasteiger partial charge in [-0.2, -0.15) is 0 Å². The van der Waals surface area contributed by atoms with Crippen molar-refractivity contribution in [3.05, 3.63) is 53.9 Å². The Morgan fingerprint density at radius 2 is 1.90 bits per heavy atom. The lowest BCUT2D eigenvalue weighted by Gasteiger charge is -2.16. The summed E-state index contributed by atoms with van der Waals surface area (Å²) in [5, 5.41) is 3.51. The number of nitrogens with one attached hydrogen (secondary N) is 2. The van der Waals surface area contributed by atoms with Gasteiger partial charge in [-0.1, -0.05) is 12.1 Å². The van der Waals surface area contributed by atoms with Crippen molar-refractivity contribution in [3.63, 3.8) is 0 Å². The van der Waals surface area contributed by atoms with Crippen LogP contribution >= 0.6 is 0 Å². The van der Waals surface area contributed by atoms with Crippen LogP contribution in [0.3, 0.4) is 0 Å². The van der Waals surface area contributed by atoms with Crippen LogP contribution in [-0.4, -0.2) is 17.1 Å². The molecule has 0 aliphatic carbocycles. The molecule has 0 amide bonds. The lowest BCUT2D eigenvalue weighted by molar-refractivity contribution is 0.414. The molecular weight excluding hydrogens is 262 g/mol. The number of H-pyrrole nitrogens is 1. The molecule has 1 unspecified atom stereocenters. The normalized spacial score (nSPS) is 12.3. The van der Waals surface area contributed by atoms with Crippen molar-refractivity contribution in [2.24, 2.45) is 0 Å². The fourth-order valence-corrected chi connectivity index (χ4v) is 2.45. The SMILES string of the molecule is COc1ccc(C(C)Nc2ccc3nc(C)[nH]c3c2)cc1. The molecule has 0 aliphatic heterocycles. The zero-order chi connectivity index (χ0) is 14.8. The first kappa shape index (κ1) is 13.5. The molecule has 1 aromatic heterocycles. The fraction of sp³-hybridized carbons (Fsp3) is 0.235. The number of fused-ring (bicyclic) bond motifs is 1. The fourth-order valence-electron chi connectivity index (χ4n) is 2.45. The number of imidazole rings is 1. The molecule has 0 aliphatic rings. The molecule has 0 fully saturated rings. The Bertz CT molecular complexity index is 746. The number of hydrogen-bond acceptors (Lipinski definition) is 3. The summed E-state index contributed by atoms with van der Waals surface area (Å²) in [7, 11) is 1.68. The quantitative estimate of drug-likeness (QED) is 0.758. The van der Waals surface area contributed by atoms with E-state index in [1.807, 2.05) is 25.1 Å². The Hall–Kier alpha value is -2.49. The molecule has 21 heavy (non-hydrogen) atoms. The van der Waals surface area contributed by atoms with Crippen molar-refractivity contribution >= 4 is 16.7 Å². The topological polar surface area (TPSA) is 49.9 Å². The summed E-state index contributed by atoms with van der Waals surface area (Å²) in [5.74, 6) is 1.81. The number of rotatable bonds is 4. The second-order valence-corrected chi connectivity index (χ2v) is 5.19. The lowest BCUT2D eigenvalue weighted by Crippen LogP contribution is -2.06. The van der Waals surface area contributed by atoms with E-state index in [1.54, 1.807) is 7.11 Å². The molecule has 4 heteroatoms. The molecule has 1 atom stereocenters. The number of hydrogen-bond donors (Lipinski definition) is 2. The number of aromatic amines is 1. The zero-order valence-electron chi connectivity index (χ0n) is 12.5. The van der Waals surface area contributed by atoms with Crippen LogP contribution in [-0.2, 0) is 0 Å². The summed E-state index contributed by atoms with van der Waals surface area (Å²) in [6.07, 6.45) is 0. The van der Waals surface area contributed by atoms with E-state index >= 15 is 0 Å². The maximum atomic E-state index is 5.19. The molecular formula is C17H19N3O. The highest BCUT2D eigenvalue weighted by atomic mass is 16.5. The Morgan fingerprint density at radius 3 is 2.62 bits per heavy atom. The first-order valence-corrected chi connectivity index (χ1v) is 7.02. The molecule has 0 radical (unpaired) electrons. The van der Waals surface area contributed by atoms with E-state index < -0.39 is 0 Å². The van der Waals surface area contributed by atoms with Crippen molar-refractivity contribution in [2.45, 2.75) is 19.9 Å². The van der Waals surface area contributed by atoms with Gasteiger partial charge in [0.2, 0.25) is 0 Å². The van der Waals surface area contributed by atoms with E-state index in [0.717, 1.165) is 28.3 Å². The standard InChI is InChI=1S/C17H19N3O/c1-11(13-4-7-15(21-3)8-5-13)18-14-6-9-16-17(10-14)20-12(2)19-16/h4-11,18H,1-3H3,(H,19,20). The number of ether oxygens (including phenoxy) is 1. The van der Waals surface area contributed by atoms with Crippen LogP contribution < -0.4 is 10.1 Å². The monoisotopic (exact) mass is 281 g/mol. The minimum atomic E-state index is 0.220. The molecule has 0 spiro atoms. The van der Waals surface area contributed by atoms with Crippen molar-refractivity contribution < 1.29 is 4.74 Å². The smallest absolute Gasteiger partial charge is 0.118 e. The number of methoxy groups -OCH3 is 1. The van der Waals surface area contributed by atoms with Crippen LogP contribution in [0.15, 0.2) is 42.5 Å². The predicted molar refractivity (Wildman–Crippen MR) is 85.9 cm³/mol. The minimum Gasteiger partial charge on any atom is -0.497 e. The van der Waals surface area contributed by atoms with Gasteiger partial charge in [-0.15, -0.1) is 0 Å². The highest BCUT2D eigenvalue weighted by Gasteiger charge is 2.07. The second-order valence-electron chi connectivity index (χ2n) is 5.19. The van der Waals surface area contributed by atoms with Gasteiger partial charge in [0, 0.05) is 11.7 Å². The van der Waals surface area contributed by atoms with Crippen molar-refractivity contribution in [2.75, 3.05) is 12.4 Å². The second kappa shape index (κ2) is 5.48. The zero-order valence-corrected chi connectivity index (χ0v) is 12.5. The summed E-state index contributed by atoms with van der Waals surface area (Å²) in [6, 6.07) is 14.5. The maximum Gasteiger partial charge on any atom is 0.118 e. The van der Waals surface area contributed by atoms with Crippen LogP contribution in [0.25, 0.3) is 11.0 Å². The first-order valence-electron chi connectivity index (χ1n) is 7.02. The maximum absolute atomic E-state index is 5.19. The van der Waals surface area contributed by atoms with Crippen LogP contribution in [0.2, 0.25) is 0 Å². The predicted octanol–water partition coefficient (Wildman–Crippen LogP) is 4.05. The number of benzene rings is 2. The van der Waals surface area contributed by atoms with Gasteiger partial charge in [0.15, 0.2) is 0 Å². The number of aromatic nitrogens is 2. The van der Waals surface area contributed by atoms with Gasteiger partial charge in [0.05, 0.1) is 18.1 Å². The average Bonchev–Trinajstić information content (AvgIpc) is 2.86.